The zero-order valence-electron chi connectivity index (χ0n) is 13.3. The summed E-state index contributed by atoms with van der Waals surface area (Å²) in [5.41, 5.74) is 0.900. The van der Waals surface area contributed by atoms with Crippen LogP contribution in [0.4, 0.5) is 4.79 Å². The van der Waals surface area contributed by atoms with Gasteiger partial charge in [-0.05, 0) is 23.3 Å². The van der Waals surface area contributed by atoms with E-state index in [0.717, 1.165) is 12.0 Å². The summed E-state index contributed by atoms with van der Waals surface area (Å²) in [4.78, 5) is 23.7. The zero-order chi connectivity index (χ0) is 16.5. The quantitative estimate of drug-likeness (QED) is 0.755. The first-order valence-electron chi connectivity index (χ1n) is 7.47. The predicted octanol–water partition coefficient (Wildman–Crippen LogP) is 1.96. The molecule has 0 heterocycles. The van der Waals surface area contributed by atoms with Crippen molar-refractivity contribution in [1.82, 2.24) is 10.6 Å². The van der Waals surface area contributed by atoms with Crippen LogP contribution < -0.4 is 10.6 Å². The van der Waals surface area contributed by atoms with Crippen molar-refractivity contribution < 1.29 is 14.3 Å². The molecule has 1 aromatic carbocycles. The molecule has 0 aliphatic carbocycles. The summed E-state index contributed by atoms with van der Waals surface area (Å²) < 4.78 is 5.09. The maximum atomic E-state index is 12.0. The van der Waals surface area contributed by atoms with Gasteiger partial charge in [0.2, 0.25) is 5.91 Å². The molecule has 0 aromatic heterocycles. The highest BCUT2D eigenvalue weighted by Gasteiger charge is 2.19. The Morgan fingerprint density at radius 3 is 2.41 bits per heavy atom. The maximum absolute atomic E-state index is 12.0. The van der Waals surface area contributed by atoms with E-state index in [2.05, 4.69) is 40.8 Å². The fourth-order valence-corrected chi connectivity index (χ4v) is 2.13. The molecule has 5 nitrogen and oxygen atoms in total. The summed E-state index contributed by atoms with van der Waals surface area (Å²) in [5.74, 6) is 0.128. The van der Waals surface area contributed by atoms with Crippen molar-refractivity contribution in [3.8, 4) is 0 Å². The van der Waals surface area contributed by atoms with Gasteiger partial charge in [0.05, 0.1) is 0 Å². The minimum atomic E-state index is -0.643. The molecule has 3 atom stereocenters. The number of carbonyl (C=O) groups is 2. The number of rotatable bonds is 7. The zero-order valence-corrected chi connectivity index (χ0v) is 14.5. The van der Waals surface area contributed by atoms with Crippen LogP contribution in [-0.2, 0) is 16.1 Å². The van der Waals surface area contributed by atoms with Gasteiger partial charge in [-0.25, -0.2) is 4.79 Å². The number of ether oxygens (including phenoxy) is 1. The summed E-state index contributed by atoms with van der Waals surface area (Å²) in [5, 5.41) is 5.39. The molecule has 1 aromatic rings. The Morgan fingerprint density at radius 1 is 1.18 bits per heavy atom. The highest BCUT2D eigenvalue weighted by Crippen LogP contribution is 2.04. The van der Waals surface area contributed by atoms with Crippen LogP contribution in [0.5, 0.6) is 0 Å². The Hall–Kier alpha value is -1.51. The lowest BCUT2D eigenvalue weighted by atomic mass is 10.1. The molecular weight excluding hydrogens is 295 g/mol. The van der Waals surface area contributed by atoms with E-state index >= 15 is 0 Å². The topological polar surface area (TPSA) is 67.4 Å². The van der Waals surface area contributed by atoms with Crippen molar-refractivity contribution in [3.05, 3.63) is 35.9 Å². The molecule has 22 heavy (non-hydrogen) atoms. The van der Waals surface area contributed by atoms with Gasteiger partial charge < -0.3 is 15.4 Å². The van der Waals surface area contributed by atoms with Crippen LogP contribution in [0.25, 0.3) is 0 Å². The molecule has 0 saturated heterocycles. The van der Waals surface area contributed by atoms with E-state index in [4.69, 9.17) is 4.74 Å². The van der Waals surface area contributed by atoms with E-state index in [1.54, 1.807) is 6.92 Å². The van der Waals surface area contributed by atoms with E-state index in [1.165, 1.54) is 0 Å². The van der Waals surface area contributed by atoms with Gasteiger partial charge in [-0.15, -0.1) is 0 Å². The van der Waals surface area contributed by atoms with Gasteiger partial charge in [0.1, 0.15) is 12.6 Å². The average molecular weight is 318 g/mol. The SMILES string of the molecule is CC[C@H](C)[C@@H]([Al])NC(=O)[C@H](C)NC(=O)OCc1ccccc1. The summed E-state index contributed by atoms with van der Waals surface area (Å²) in [6.07, 6.45) is 0.366. The van der Waals surface area contributed by atoms with E-state index in [-0.39, 0.29) is 17.4 Å². The van der Waals surface area contributed by atoms with E-state index < -0.39 is 12.1 Å². The maximum Gasteiger partial charge on any atom is 0.408 e. The number of carbonyl (C=O) groups excluding carboxylic acids is 2. The third-order valence-electron chi connectivity index (χ3n) is 3.51. The molecule has 6 heteroatoms. The molecular formula is C16H23AlN2O3. The second-order valence-corrected chi connectivity index (χ2v) is 6.07. The van der Waals surface area contributed by atoms with E-state index in [1.807, 2.05) is 30.3 Å². The van der Waals surface area contributed by atoms with Gasteiger partial charge in [-0.3, -0.25) is 4.79 Å². The van der Waals surface area contributed by atoms with Gasteiger partial charge in [0, 0.05) is 0 Å². The second-order valence-electron chi connectivity index (χ2n) is 5.35. The first kappa shape index (κ1) is 18.5. The number of amides is 2. The third kappa shape index (κ3) is 6.51. The van der Waals surface area contributed by atoms with Gasteiger partial charge >= 0.3 is 6.09 Å². The normalized spacial score (nSPS) is 14.5. The molecule has 0 saturated carbocycles. The summed E-state index contributed by atoms with van der Waals surface area (Å²) in [7, 11) is 0. The molecule has 0 fully saturated rings. The third-order valence-corrected chi connectivity index (χ3v) is 4.33. The van der Waals surface area contributed by atoms with E-state index in [9.17, 15) is 9.59 Å². The van der Waals surface area contributed by atoms with Gasteiger partial charge in [0.25, 0.3) is 0 Å². The standard InChI is InChI=1S/C16H23N2O3.Al/c1-4-12(2)10-17-15(19)13(3)18-16(20)21-11-14-8-6-5-7-9-14;/h5-10,12-13H,4,11H2,1-3H3,(H,17,19)(H,18,20);/t12-,13-;/m0./s1. The lowest BCUT2D eigenvalue weighted by Crippen LogP contribution is -2.50. The summed E-state index contributed by atoms with van der Waals surface area (Å²) in [6.45, 7) is 5.94. The molecule has 0 aliphatic rings. The minimum Gasteiger partial charge on any atom is -0.445 e. The smallest absolute Gasteiger partial charge is 0.408 e. The van der Waals surface area contributed by atoms with Crippen molar-refractivity contribution in [1.29, 1.82) is 0 Å². The van der Waals surface area contributed by atoms with Crippen LogP contribution in [0, 0.1) is 5.92 Å². The summed E-state index contributed by atoms with van der Waals surface area (Å²) >= 11 is 2.61. The highest BCUT2D eigenvalue weighted by atomic mass is 27.0. The van der Waals surface area contributed by atoms with Gasteiger partial charge in [0.15, 0.2) is 16.3 Å². The van der Waals surface area contributed by atoms with Gasteiger partial charge in [-0.2, -0.15) is 0 Å². The van der Waals surface area contributed by atoms with Crippen LogP contribution in [0.15, 0.2) is 30.3 Å². The number of nitrogens with one attached hydrogen (secondary N) is 2. The monoisotopic (exact) mass is 318 g/mol. The molecule has 0 bridgehead atoms. The molecule has 2 amide bonds. The van der Waals surface area contributed by atoms with Crippen molar-refractivity contribution in [2.24, 2.45) is 5.92 Å². The first-order chi connectivity index (χ1) is 10.4. The minimum absolute atomic E-state index is 0.0120. The van der Waals surface area contributed by atoms with Crippen molar-refractivity contribution in [2.75, 3.05) is 0 Å². The van der Waals surface area contributed by atoms with Crippen molar-refractivity contribution in [2.45, 2.75) is 44.7 Å². The summed E-state index contributed by atoms with van der Waals surface area (Å²) in [6, 6.07) is 8.74. The molecule has 0 unspecified atom stereocenters. The lowest BCUT2D eigenvalue weighted by Gasteiger charge is -2.23. The Balaban J connectivity index is 2.35. The van der Waals surface area contributed by atoms with Crippen LogP contribution in [-0.4, -0.2) is 39.2 Å². The molecule has 0 aliphatic heterocycles. The Labute approximate surface area is 140 Å². The Bertz CT molecular complexity index is 482. The van der Waals surface area contributed by atoms with E-state index in [0.29, 0.717) is 5.92 Å². The number of alkyl carbamates (subject to hydrolysis) is 1. The molecule has 2 N–H and O–H groups in total. The number of benzene rings is 1. The van der Waals surface area contributed by atoms with Crippen LogP contribution in [0.2, 0.25) is 0 Å². The average Bonchev–Trinajstić information content (AvgIpc) is 2.52. The molecule has 118 valence electrons. The van der Waals surface area contributed by atoms with Crippen molar-refractivity contribution >= 4 is 28.3 Å². The van der Waals surface area contributed by atoms with Crippen LogP contribution in [0.3, 0.4) is 0 Å². The molecule has 1 rings (SSSR count). The van der Waals surface area contributed by atoms with Gasteiger partial charge in [-0.1, -0.05) is 50.6 Å². The first-order valence-corrected chi connectivity index (χ1v) is 8.13. The Kier molecular flexibility index (Phi) is 8.00. The number of hydrogen-bond donors (Lipinski definition) is 2. The highest BCUT2D eigenvalue weighted by molar-refractivity contribution is 6.13. The predicted molar refractivity (Wildman–Crippen MR) is 86.4 cm³/mol. The molecule has 0 spiro atoms. The molecule has 2 radical (unpaired) electrons. The Morgan fingerprint density at radius 2 is 1.82 bits per heavy atom. The fourth-order valence-electron chi connectivity index (χ4n) is 1.69. The van der Waals surface area contributed by atoms with Crippen LogP contribution in [0.1, 0.15) is 32.8 Å². The largest absolute Gasteiger partial charge is 0.445 e. The number of hydrogen-bond acceptors (Lipinski definition) is 3. The van der Waals surface area contributed by atoms with Crippen molar-refractivity contribution in [3.63, 3.8) is 0 Å². The lowest BCUT2D eigenvalue weighted by molar-refractivity contribution is -0.123. The second kappa shape index (κ2) is 9.50. The van der Waals surface area contributed by atoms with Crippen LogP contribution >= 0.6 is 0 Å². The fraction of sp³-hybridized carbons (Fsp3) is 0.500.